The molecule has 168 valence electrons. The highest BCUT2D eigenvalue weighted by atomic mass is 17.1. The highest BCUT2D eigenvalue weighted by molar-refractivity contribution is 5.08. The maximum Gasteiger partial charge on any atom is 0.103 e. The molecule has 0 spiro atoms. The van der Waals surface area contributed by atoms with Gasteiger partial charge in [0.05, 0.1) is 0 Å². The molecule has 1 fully saturated rings. The van der Waals surface area contributed by atoms with Gasteiger partial charge in [0, 0.05) is 0 Å². The van der Waals surface area contributed by atoms with Crippen LogP contribution < -0.4 is 0 Å². The summed E-state index contributed by atoms with van der Waals surface area (Å²) in [7, 11) is 0. The van der Waals surface area contributed by atoms with E-state index in [9.17, 15) is 5.26 Å². The molecule has 0 atom stereocenters. The second-order valence-corrected chi connectivity index (χ2v) is 13.7. The fourth-order valence-corrected chi connectivity index (χ4v) is 7.28. The Morgan fingerprint density at radius 1 is 0.714 bits per heavy atom. The number of unbranched alkanes of at least 4 members (excludes halogenated alkanes) is 1. The van der Waals surface area contributed by atoms with Crippen molar-refractivity contribution in [3.63, 3.8) is 0 Å². The molecule has 1 N–H and O–H groups in total. The van der Waals surface area contributed by atoms with Crippen LogP contribution >= 0.6 is 0 Å². The molecule has 1 rings (SSSR count). The molecule has 0 saturated heterocycles. The second kappa shape index (κ2) is 8.58. The first-order valence-electron chi connectivity index (χ1n) is 11.8. The van der Waals surface area contributed by atoms with Crippen LogP contribution in [0.1, 0.15) is 134 Å². The molecule has 0 unspecified atom stereocenters. The summed E-state index contributed by atoms with van der Waals surface area (Å²) in [6.07, 6.45) is 9.94. The molecule has 0 radical (unpaired) electrons. The van der Waals surface area contributed by atoms with Crippen LogP contribution in [-0.2, 0) is 4.89 Å². The highest BCUT2D eigenvalue weighted by Crippen LogP contribution is 2.66. The van der Waals surface area contributed by atoms with Crippen molar-refractivity contribution in [2.75, 3.05) is 0 Å². The Labute approximate surface area is 177 Å². The summed E-state index contributed by atoms with van der Waals surface area (Å²) in [5.74, 6) is 0. The number of hydrogen-bond acceptors (Lipinski definition) is 2. The minimum atomic E-state index is -0.324. The average Bonchev–Trinajstić information content (AvgIpc) is 2.48. The molecule has 2 heteroatoms. The smallest absolute Gasteiger partial charge is 0.103 e. The van der Waals surface area contributed by atoms with Crippen LogP contribution in [0.25, 0.3) is 0 Å². The van der Waals surface area contributed by atoms with Gasteiger partial charge < -0.3 is 0 Å². The summed E-state index contributed by atoms with van der Waals surface area (Å²) in [5, 5.41) is 9.82. The third-order valence-corrected chi connectivity index (χ3v) is 7.73. The van der Waals surface area contributed by atoms with Crippen LogP contribution in [0.5, 0.6) is 0 Å². The molecule has 0 aromatic heterocycles. The maximum absolute atomic E-state index is 9.82. The van der Waals surface area contributed by atoms with Gasteiger partial charge in [-0.15, -0.1) is 0 Å². The van der Waals surface area contributed by atoms with Crippen LogP contribution in [0.2, 0.25) is 0 Å². The minimum absolute atomic E-state index is 0.229. The Kier molecular flexibility index (Phi) is 7.95. The SMILES string of the molecule is CCCCC1(OO)CCC(C(C)(C)CC(C)(C)C)(C(C)(C)CC(C)(C)C)CC1. The van der Waals surface area contributed by atoms with E-state index in [-0.39, 0.29) is 21.8 Å². The predicted molar refractivity (Wildman–Crippen MR) is 123 cm³/mol. The summed E-state index contributed by atoms with van der Waals surface area (Å²) >= 11 is 0. The van der Waals surface area contributed by atoms with Crippen molar-refractivity contribution >= 4 is 0 Å². The Morgan fingerprint density at radius 2 is 1.11 bits per heavy atom. The molecule has 0 bridgehead atoms. The van der Waals surface area contributed by atoms with Gasteiger partial charge in [-0.1, -0.05) is 89.0 Å². The zero-order chi connectivity index (χ0) is 22.1. The van der Waals surface area contributed by atoms with Crippen molar-refractivity contribution in [2.45, 2.75) is 140 Å². The Bertz CT molecular complexity index is 450. The lowest BCUT2D eigenvalue weighted by Crippen LogP contribution is -2.55. The summed E-state index contributed by atoms with van der Waals surface area (Å²) in [5.41, 5.74) is 0.986. The zero-order valence-corrected chi connectivity index (χ0v) is 21.2. The molecule has 0 aliphatic heterocycles. The molecule has 2 nitrogen and oxygen atoms in total. The number of hydrogen-bond donors (Lipinski definition) is 1. The first kappa shape index (κ1) is 26.0. The molecule has 0 amide bonds. The van der Waals surface area contributed by atoms with Crippen molar-refractivity contribution in [2.24, 2.45) is 27.1 Å². The molecule has 1 aliphatic rings. The molecule has 28 heavy (non-hydrogen) atoms. The second-order valence-electron chi connectivity index (χ2n) is 13.7. The van der Waals surface area contributed by atoms with E-state index in [0.717, 1.165) is 44.9 Å². The van der Waals surface area contributed by atoms with Crippen molar-refractivity contribution in [3.05, 3.63) is 0 Å². The number of rotatable bonds is 8. The normalized spacial score (nSPS) is 21.0. The zero-order valence-electron chi connectivity index (χ0n) is 21.2. The van der Waals surface area contributed by atoms with Gasteiger partial charge >= 0.3 is 0 Å². The van der Waals surface area contributed by atoms with E-state index in [1.54, 1.807) is 0 Å². The van der Waals surface area contributed by atoms with E-state index in [0.29, 0.717) is 10.8 Å². The molecular weight excluding hydrogens is 344 g/mol. The van der Waals surface area contributed by atoms with Crippen molar-refractivity contribution in [1.29, 1.82) is 0 Å². The molecule has 0 heterocycles. The Balaban J connectivity index is 3.32. The lowest BCUT2D eigenvalue weighted by Gasteiger charge is -2.62. The fourth-order valence-electron chi connectivity index (χ4n) is 7.28. The molecular formula is C26H52O2. The molecule has 0 aromatic carbocycles. The van der Waals surface area contributed by atoms with E-state index < -0.39 is 0 Å². The van der Waals surface area contributed by atoms with Gasteiger partial charge in [-0.05, 0) is 72.0 Å². The summed E-state index contributed by atoms with van der Waals surface area (Å²) in [6.45, 7) is 26.6. The van der Waals surface area contributed by atoms with Crippen molar-refractivity contribution < 1.29 is 10.1 Å². The predicted octanol–water partition coefficient (Wildman–Crippen LogP) is 8.89. The first-order valence-corrected chi connectivity index (χ1v) is 11.8. The first-order chi connectivity index (χ1) is 12.4. The van der Waals surface area contributed by atoms with E-state index >= 15 is 0 Å². The van der Waals surface area contributed by atoms with Gasteiger partial charge in [-0.2, -0.15) is 0 Å². The average molecular weight is 397 g/mol. The monoisotopic (exact) mass is 396 g/mol. The largest absolute Gasteiger partial charge is 0.251 e. The molecule has 0 aromatic rings. The van der Waals surface area contributed by atoms with Crippen LogP contribution in [0.15, 0.2) is 0 Å². The van der Waals surface area contributed by atoms with Gasteiger partial charge in [0.1, 0.15) is 5.60 Å². The van der Waals surface area contributed by atoms with Crippen LogP contribution in [0.4, 0.5) is 0 Å². The van der Waals surface area contributed by atoms with E-state index in [1.807, 2.05) is 0 Å². The third kappa shape index (κ3) is 5.97. The van der Waals surface area contributed by atoms with Crippen molar-refractivity contribution in [1.82, 2.24) is 0 Å². The summed E-state index contributed by atoms with van der Waals surface area (Å²) in [6, 6.07) is 0. The van der Waals surface area contributed by atoms with Gasteiger partial charge in [-0.25, -0.2) is 4.89 Å². The quantitative estimate of drug-likeness (QED) is 0.328. The fraction of sp³-hybridized carbons (Fsp3) is 1.00. The highest BCUT2D eigenvalue weighted by Gasteiger charge is 2.58. The van der Waals surface area contributed by atoms with Gasteiger partial charge in [-0.3, -0.25) is 5.26 Å². The lowest BCUT2D eigenvalue weighted by molar-refractivity contribution is -0.342. The minimum Gasteiger partial charge on any atom is -0.251 e. The Morgan fingerprint density at radius 3 is 1.39 bits per heavy atom. The van der Waals surface area contributed by atoms with Gasteiger partial charge in [0.2, 0.25) is 0 Å². The van der Waals surface area contributed by atoms with Crippen LogP contribution in [0.3, 0.4) is 0 Å². The third-order valence-electron chi connectivity index (χ3n) is 7.73. The summed E-state index contributed by atoms with van der Waals surface area (Å²) < 4.78 is 0. The van der Waals surface area contributed by atoms with Gasteiger partial charge in [0.25, 0.3) is 0 Å². The standard InChI is InChI=1S/C26H52O2/c1-12-13-14-25(28-27)15-17-26(18-16-25,23(8,9)19-21(2,3)4)24(10,11)20-22(5,6)7/h27H,12-20H2,1-11H3. The van der Waals surface area contributed by atoms with Gasteiger partial charge in [0.15, 0.2) is 0 Å². The van der Waals surface area contributed by atoms with E-state index in [2.05, 4.69) is 76.2 Å². The van der Waals surface area contributed by atoms with Crippen LogP contribution in [0, 0.1) is 27.1 Å². The van der Waals surface area contributed by atoms with E-state index in [1.165, 1.54) is 12.8 Å². The van der Waals surface area contributed by atoms with Crippen LogP contribution in [-0.4, -0.2) is 10.9 Å². The molecule has 1 saturated carbocycles. The van der Waals surface area contributed by atoms with E-state index in [4.69, 9.17) is 4.89 Å². The Hall–Kier alpha value is -0.0800. The lowest BCUT2D eigenvalue weighted by atomic mass is 9.43. The topological polar surface area (TPSA) is 29.5 Å². The summed E-state index contributed by atoms with van der Waals surface area (Å²) in [4.78, 5) is 5.20. The molecule has 1 aliphatic carbocycles. The maximum atomic E-state index is 9.82. The van der Waals surface area contributed by atoms with Crippen molar-refractivity contribution in [3.8, 4) is 0 Å².